The molecule has 2 amide bonds. The molecule has 0 aliphatic carbocycles. The lowest BCUT2D eigenvalue weighted by molar-refractivity contribution is -0.119. The van der Waals surface area contributed by atoms with Gasteiger partial charge in [0.2, 0.25) is 5.78 Å². The minimum absolute atomic E-state index is 0.0807. The van der Waals surface area contributed by atoms with Crippen molar-refractivity contribution in [2.75, 3.05) is 18.5 Å². The summed E-state index contributed by atoms with van der Waals surface area (Å²) in [6.45, 7) is 3.90. The maximum atomic E-state index is 12.7. The van der Waals surface area contributed by atoms with E-state index in [-0.39, 0.29) is 28.7 Å². The quantitative estimate of drug-likeness (QED) is 0.366. The first kappa shape index (κ1) is 23.9. The molecule has 3 aromatic rings. The number of benzene rings is 2. The van der Waals surface area contributed by atoms with Crippen LogP contribution in [0.4, 0.5) is 5.69 Å². The summed E-state index contributed by atoms with van der Waals surface area (Å²) in [5.74, 6) is -1.70. The van der Waals surface area contributed by atoms with Crippen LogP contribution >= 0.6 is 11.3 Å². The molecule has 3 rings (SSSR count). The van der Waals surface area contributed by atoms with Crippen LogP contribution in [-0.4, -0.2) is 36.7 Å². The standard InChI is InChI=1S/C25H24N2O5S/c1-16(2)14-26-24(30)19-10-5-6-11-20(19)27-22(28)15-32-25(31)18-9-4-3-8-17(18)23(29)21-12-7-13-33-21/h3-13,16H,14-15H2,1-2H3,(H,26,30)(H,27,28). The predicted octanol–water partition coefficient (Wildman–Crippen LogP) is 4.16. The van der Waals surface area contributed by atoms with Gasteiger partial charge in [-0.2, -0.15) is 0 Å². The van der Waals surface area contributed by atoms with Gasteiger partial charge in [-0.1, -0.05) is 50.2 Å². The Bertz CT molecular complexity index is 1160. The third kappa shape index (κ3) is 6.36. The molecular formula is C25H24N2O5S. The van der Waals surface area contributed by atoms with Gasteiger partial charge in [-0.3, -0.25) is 14.4 Å². The molecule has 0 radical (unpaired) electrons. The lowest BCUT2D eigenvalue weighted by atomic mass is 10.0. The molecule has 0 unspecified atom stereocenters. The maximum absolute atomic E-state index is 12.7. The van der Waals surface area contributed by atoms with Crippen molar-refractivity contribution in [3.63, 3.8) is 0 Å². The molecule has 33 heavy (non-hydrogen) atoms. The van der Waals surface area contributed by atoms with Crippen LogP contribution in [0.2, 0.25) is 0 Å². The van der Waals surface area contributed by atoms with E-state index >= 15 is 0 Å². The molecule has 2 N–H and O–H groups in total. The number of thiophene rings is 1. The van der Waals surface area contributed by atoms with Gasteiger partial charge in [-0.25, -0.2) is 4.79 Å². The molecule has 2 aromatic carbocycles. The van der Waals surface area contributed by atoms with Crippen LogP contribution in [0.25, 0.3) is 0 Å². The van der Waals surface area contributed by atoms with Crippen LogP contribution in [0.5, 0.6) is 0 Å². The highest BCUT2D eigenvalue weighted by atomic mass is 32.1. The van der Waals surface area contributed by atoms with Gasteiger partial charge in [0.25, 0.3) is 11.8 Å². The molecule has 170 valence electrons. The Morgan fingerprint density at radius 3 is 2.21 bits per heavy atom. The second-order valence-corrected chi connectivity index (χ2v) is 8.57. The minimum atomic E-state index is -0.784. The normalized spacial score (nSPS) is 10.5. The number of ether oxygens (including phenoxy) is 1. The van der Waals surface area contributed by atoms with Crippen molar-refractivity contribution in [1.82, 2.24) is 5.32 Å². The Labute approximate surface area is 195 Å². The molecule has 1 aromatic heterocycles. The topological polar surface area (TPSA) is 102 Å². The molecule has 1 heterocycles. The summed E-state index contributed by atoms with van der Waals surface area (Å²) in [6, 6.07) is 16.3. The van der Waals surface area contributed by atoms with E-state index in [2.05, 4.69) is 10.6 Å². The van der Waals surface area contributed by atoms with Crippen LogP contribution in [0.15, 0.2) is 66.0 Å². The summed E-state index contributed by atoms with van der Waals surface area (Å²) in [5.41, 5.74) is 0.910. The van der Waals surface area contributed by atoms with Crippen molar-refractivity contribution in [2.45, 2.75) is 13.8 Å². The minimum Gasteiger partial charge on any atom is -0.452 e. The van der Waals surface area contributed by atoms with Crippen LogP contribution < -0.4 is 10.6 Å². The molecule has 0 spiro atoms. The third-order valence-electron chi connectivity index (χ3n) is 4.59. The predicted molar refractivity (Wildman–Crippen MR) is 127 cm³/mol. The van der Waals surface area contributed by atoms with E-state index < -0.39 is 18.5 Å². The second kappa shape index (κ2) is 11.2. The monoisotopic (exact) mass is 464 g/mol. The molecule has 0 aliphatic heterocycles. The zero-order chi connectivity index (χ0) is 23.8. The summed E-state index contributed by atoms with van der Waals surface area (Å²) in [4.78, 5) is 50.6. The number of ketones is 1. The maximum Gasteiger partial charge on any atom is 0.339 e. The smallest absolute Gasteiger partial charge is 0.339 e. The molecular weight excluding hydrogens is 440 g/mol. The molecule has 0 aliphatic rings. The lowest BCUT2D eigenvalue weighted by Gasteiger charge is -2.13. The molecule has 8 heteroatoms. The number of carbonyl (C=O) groups is 4. The second-order valence-electron chi connectivity index (χ2n) is 7.63. The van der Waals surface area contributed by atoms with Gasteiger partial charge in [-0.15, -0.1) is 11.3 Å². The Morgan fingerprint density at radius 2 is 1.55 bits per heavy atom. The van der Waals surface area contributed by atoms with Crippen molar-refractivity contribution in [1.29, 1.82) is 0 Å². The van der Waals surface area contributed by atoms with Gasteiger partial charge < -0.3 is 15.4 Å². The number of anilines is 1. The Hall–Kier alpha value is -3.78. The van der Waals surface area contributed by atoms with Crippen molar-refractivity contribution in [2.24, 2.45) is 5.92 Å². The third-order valence-corrected chi connectivity index (χ3v) is 5.46. The number of nitrogens with one attached hydrogen (secondary N) is 2. The summed E-state index contributed by atoms with van der Waals surface area (Å²) in [5, 5.41) is 7.19. The summed E-state index contributed by atoms with van der Waals surface area (Å²) >= 11 is 1.28. The first-order chi connectivity index (χ1) is 15.9. The number of rotatable bonds is 9. The molecule has 0 saturated carbocycles. The van der Waals surface area contributed by atoms with Crippen molar-refractivity contribution < 1.29 is 23.9 Å². The Balaban J connectivity index is 1.64. The van der Waals surface area contributed by atoms with Crippen molar-refractivity contribution >= 4 is 40.6 Å². The van der Waals surface area contributed by atoms with Crippen LogP contribution in [0.1, 0.15) is 49.8 Å². The average molecular weight is 465 g/mol. The number of hydrogen-bond acceptors (Lipinski definition) is 6. The fraction of sp³-hybridized carbons (Fsp3) is 0.200. The first-order valence-corrected chi connectivity index (χ1v) is 11.3. The fourth-order valence-corrected chi connectivity index (χ4v) is 3.65. The summed E-state index contributed by atoms with van der Waals surface area (Å²) < 4.78 is 5.15. The Kier molecular flexibility index (Phi) is 8.10. The highest BCUT2D eigenvalue weighted by Gasteiger charge is 2.21. The number of carbonyl (C=O) groups excluding carboxylic acids is 4. The van der Waals surface area contributed by atoms with Gasteiger partial charge in [0, 0.05) is 12.1 Å². The lowest BCUT2D eigenvalue weighted by Crippen LogP contribution is -2.29. The van der Waals surface area contributed by atoms with Crippen LogP contribution in [-0.2, 0) is 9.53 Å². The van der Waals surface area contributed by atoms with Gasteiger partial charge in [0.15, 0.2) is 6.61 Å². The zero-order valence-electron chi connectivity index (χ0n) is 18.3. The molecule has 0 atom stereocenters. The molecule has 0 fully saturated rings. The van der Waals surface area contributed by atoms with Gasteiger partial charge in [-0.05, 0) is 35.6 Å². The average Bonchev–Trinajstić information content (AvgIpc) is 3.36. The van der Waals surface area contributed by atoms with Crippen molar-refractivity contribution in [3.05, 3.63) is 87.6 Å². The van der Waals surface area contributed by atoms with E-state index in [1.165, 1.54) is 17.4 Å². The Morgan fingerprint density at radius 1 is 0.879 bits per heavy atom. The largest absolute Gasteiger partial charge is 0.452 e. The van der Waals surface area contributed by atoms with E-state index in [9.17, 15) is 19.2 Å². The number of para-hydroxylation sites is 1. The molecule has 7 nitrogen and oxygen atoms in total. The molecule has 0 saturated heterocycles. The SMILES string of the molecule is CC(C)CNC(=O)c1ccccc1NC(=O)COC(=O)c1ccccc1C(=O)c1cccs1. The van der Waals surface area contributed by atoms with Crippen LogP contribution in [0.3, 0.4) is 0 Å². The molecule has 0 bridgehead atoms. The van der Waals surface area contributed by atoms with E-state index in [0.717, 1.165) is 0 Å². The zero-order valence-corrected chi connectivity index (χ0v) is 19.1. The number of hydrogen-bond donors (Lipinski definition) is 2. The fourth-order valence-electron chi connectivity index (χ4n) is 2.98. The number of amides is 2. The summed E-state index contributed by atoms with van der Waals surface area (Å²) in [6.07, 6.45) is 0. The van der Waals surface area contributed by atoms with Gasteiger partial charge in [0.05, 0.1) is 21.7 Å². The van der Waals surface area contributed by atoms with E-state index in [1.807, 2.05) is 13.8 Å². The highest BCUT2D eigenvalue weighted by Crippen LogP contribution is 2.19. The van der Waals surface area contributed by atoms with Crippen molar-refractivity contribution in [3.8, 4) is 0 Å². The van der Waals surface area contributed by atoms with Gasteiger partial charge >= 0.3 is 5.97 Å². The van der Waals surface area contributed by atoms with E-state index in [4.69, 9.17) is 4.74 Å². The van der Waals surface area contributed by atoms with E-state index in [0.29, 0.717) is 22.7 Å². The highest BCUT2D eigenvalue weighted by molar-refractivity contribution is 7.12. The van der Waals surface area contributed by atoms with E-state index in [1.54, 1.807) is 60.0 Å². The van der Waals surface area contributed by atoms with Crippen LogP contribution in [0, 0.1) is 5.92 Å². The first-order valence-electron chi connectivity index (χ1n) is 10.4. The number of esters is 1. The summed E-state index contributed by atoms with van der Waals surface area (Å²) in [7, 11) is 0. The van der Waals surface area contributed by atoms with Gasteiger partial charge in [0.1, 0.15) is 0 Å².